The first kappa shape index (κ1) is 16.3. The third kappa shape index (κ3) is 2.78. The van der Waals surface area contributed by atoms with Gasteiger partial charge in [0.05, 0.1) is 10.4 Å². The predicted octanol–water partition coefficient (Wildman–Crippen LogP) is 4.15. The summed E-state index contributed by atoms with van der Waals surface area (Å²) in [5.41, 5.74) is 1.35. The van der Waals surface area contributed by atoms with Gasteiger partial charge in [-0.1, -0.05) is 43.0 Å². The van der Waals surface area contributed by atoms with E-state index in [4.69, 9.17) is 11.6 Å². The van der Waals surface area contributed by atoms with E-state index in [2.05, 4.69) is 18.5 Å². The van der Waals surface area contributed by atoms with Crippen LogP contribution in [0.25, 0.3) is 16.5 Å². The molecule has 1 aromatic heterocycles. The molecular weight excluding hydrogens is 296 g/mol. The second-order valence-electron chi connectivity index (χ2n) is 4.96. The summed E-state index contributed by atoms with van der Waals surface area (Å²) in [5.74, 6) is 0. The molecule has 0 saturated heterocycles. The van der Waals surface area contributed by atoms with Crippen LogP contribution in [0.15, 0.2) is 60.4 Å². The Labute approximate surface area is 135 Å². The summed E-state index contributed by atoms with van der Waals surface area (Å²) in [6, 6.07) is 7.43. The fraction of sp³-hybridized carbons (Fsp3) is 0.167. The summed E-state index contributed by atoms with van der Waals surface area (Å²) < 4.78 is 1.63. The van der Waals surface area contributed by atoms with Gasteiger partial charge in [0.25, 0.3) is 5.56 Å². The zero-order chi connectivity index (χ0) is 16.3. The van der Waals surface area contributed by atoms with Crippen LogP contribution in [0.1, 0.15) is 18.7 Å². The molecule has 0 aliphatic rings. The lowest BCUT2D eigenvalue weighted by Gasteiger charge is -2.20. The highest BCUT2D eigenvalue weighted by Gasteiger charge is 2.16. The Hall–Kier alpha value is -2.10. The molecule has 1 atom stereocenters. The second kappa shape index (κ2) is 6.77. The number of allylic oxidation sites excluding steroid dienone is 4. The highest BCUT2D eigenvalue weighted by Crippen LogP contribution is 2.25. The van der Waals surface area contributed by atoms with Crippen molar-refractivity contribution in [2.75, 3.05) is 7.05 Å². The number of halogens is 1. The summed E-state index contributed by atoms with van der Waals surface area (Å²) in [5, 5.41) is 4.95. The van der Waals surface area contributed by atoms with Crippen molar-refractivity contribution in [1.82, 2.24) is 9.88 Å². The zero-order valence-corrected chi connectivity index (χ0v) is 13.5. The Kier molecular flexibility index (Phi) is 5.01. The maximum atomic E-state index is 13.0. The minimum absolute atomic E-state index is 0.00996. The fourth-order valence-electron chi connectivity index (χ4n) is 2.43. The van der Waals surface area contributed by atoms with E-state index in [1.54, 1.807) is 28.9 Å². The van der Waals surface area contributed by atoms with Gasteiger partial charge >= 0.3 is 0 Å². The van der Waals surface area contributed by atoms with Crippen molar-refractivity contribution in [1.29, 1.82) is 0 Å². The summed E-state index contributed by atoms with van der Waals surface area (Å²) in [4.78, 5) is 13.0. The lowest BCUT2D eigenvalue weighted by molar-refractivity contribution is 0.616. The van der Waals surface area contributed by atoms with E-state index in [-0.39, 0.29) is 11.6 Å². The third-order valence-corrected chi connectivity index (χ3v) is 3.97. The standard InChI is InChI=1S/C18H19ClN2O/c1-5-8-14(6-2)21-16(12(3)20-4)11-13-9-7-10-15(19)17(13)18(21)22/h5-12,20H,1-2H2,3-4H3/b14-8+/t12-/m0/s1. The first-order valence-electron chi connectivity index (χ1n) is 7.02. The van der Waals surface area contributed by atoms with E-state index >= 15 is 0 Å². The molecule has 0 unspecified atom stereocenters. The highest BCUT2D eigenvalue weighted by atomic mass is 35.5. The number of nitrogens with one attached hydrogen (secondary N) is 1. The van der Waals surface area contributed by atoms with Gasteiger partial charge in [0.2, 0.25) is 0 Å². The number of nitrogens with zero attached hydrogens (tertiary/aromatic N) is 1. The van der Waals surface area contributed by atoms with Gasteiger partial charge in [0.1, 0.15) is 0 Å². The number of fused-ring (bicyclic) bond motifs is 1. The molecule has 0 saturated carbocycles. The van der Waals surface area contributed by atoms with Crippen LogP contribution in [-0.4, -0.2) is 11.6 Å². The first-order valence-corrected chi connectivity index (χ1v) is 7.40. The SMILES string of the molecule is C=C/C=C(\C=C)n1c([C@H](C)NC)cc2cccc(Cl)c2c1=O. The Morgan fingerprint density at radius 1 is 1.41 bits per heavy atom. The average molecular weight is 315 g/mol. The van der Waals surface area contributed by atoms with E-state index in [0.717, 1.165) is 11.1 Å². The molecule has 0 aliphatic carbocycles. The van der Waals surface area contributed by atoms with Gasteiger partial charge in [0.15, 0.2) is 0 Å². The van der Waals surface area contributed by atoms with Crippen LogP contribution in [0.4, 0.5) is 0 Å². The zero-order valence-electron chi connectivity index (χ0n) is 12.8. The van der Waals surface area contributed by atoms with Crippen molar-refractivity contribution in [3.05, 3.63) is 76.7 Å². The fourth-order valence-corrected chi connectivity index (χ4v) is 2.69. The average Bonchev–Trinajstić information content (AvgIpc) is 2.52. The Morgan fingerprint density at radius 3 is 2.73 bits per heavy atom. The molecule has 0 radical (unpaired) electrons. The van der Waals surface area contributed by atoms with Gasteiger partial charge in [-0.25, -0.2) is 0 Å². The summed E-state index contributed by atoms with van der Waals surface area (Å²) in [6.45, 7) is 9.49. The van der Waals surface area contributed by atoms with Crippen LogP contribution in [0.5, 0.6) is 0 Å². The number of pyridine rings is 1. The Morgan fingerprint density at radius 2 is 2.14 bits per heavy atom. The second-order valence-corrected chi connectivity index (χ2v) is 5.36. The lowest BCUT2D eigenvalue weighted by atomic mass is 10.1. The smallest absolute Gasteiger partial charge is 0.264 e. The lowest BCUT2D eigenvalue weighted by Crippen LogP contribution is -2.27. The maximum absolute atomic E-state index is 13.0. The van der Waals surface area contributed by atoms with Gasteiger partial charge in [-0.15, -0.1) is 0 Å². The predicted molar refractivity (Wildman–Crippen MR) is 95.4 cm³/mol. The van der Waals surface area contributed by atoms with Crippen LogP contribution in [0.2, 0.25) is 5.02 Å². The summed E-state index contributed by atoms with van der Waals surface area (Å²) in [6.07, 6.45) is 5.02. The molecule has 2 aromatic rings. The van der Waals surface area contributed by atoms with Crippen molar-refractivity contribution in [2.45, 2.75) is 13.0 Å². The molecule has 1 heterocycles. The quantitative estimate of drug-likeness (QED) is 0.841. The third-order valence-electron chi connectivity index (χ3n) is 3.66. The largest absolute Gasteiger partial charge is 0.312 e. The van der Waals surface area contributed by atoms with E-state index in [1.807, 2.05) is 32.2 Å². The number of hydrogen-bond donors (Lipinski definition) is 1. The molecule has 2 rings (SSSR count). The van der Waals surface area contributed by atoms with Crippen LogP contribution in [-0.2, 0) is 0 Å². The topological polar surface area (TPSA) is 34.0 Å². The molecule has 3 nitrogen and oxygen atoms in total. The maximum Gasteiger partial charge on any atom is 0.264 e. The van der Waals surface area contributed by atoms with E-state index in [1.165, 1.54) is 0 Å². The van der Waals surface area contributed by atoms with Crippen molar-refractivity contribution < 1.29 is 0 Å². The molecule has 0 fully saturated rings. The molecule has 114 valence electrons. The van der Waals surface area contributed by atoms with Crippen molar-refractivity contribution in [2.24, 2.45) is 0 Å². The molecule has 22 heavy (non-hydrogen) atoms. The minimum Gasteiger partial charge on any atom is -0.312 e. The van der Waals surface area contributed by atoms with Crippen LogP contribution in [0, 0.1) is 0 Å². The highest BCUT2D eigenvalue weighted by molar-refractivity contribution is 6.35. The molecule has 0 amide bonds. The first-order chi connectivity index (χ1) is 10.5. The van der Waals surface area contributed by atoms with Gasteiger partial charge in [-0.3, -0.25) is 9.36 Å². The normalized spacial score (nSPS) is 13.1. The van der Waals surface area contributed by atoms with Crippen molar-refractivity contribution in [3.8, 4) is 0 Å². The van der Waals surface area contributed by atoms with Crippen molar-refractivity contribution >= 4 is 28.1 Å². The van der Waals surface area contributed by atoms with Gasteiger partial charge in [-0.05, 0) is 43.6 Å². The molecule has 0 spiro atoms. The van der Waals surface area contributed by atoms with E-state index in [0.29, 0.717) is 16.1 Å². The molecule has 0 aliphatic heterocycles. The van der Waals surface area contributed by atoms with Crippen molar-refractivity contribution in [3.63, 3.8) is 0 Å². The molecular formula is C18H19ClN2O. The number of aromatic nitrogens is 1. The minimum atomic E-state index is -0.159. The number of benzene rings is 1. The molecule has 0 bridgehead atoms. The van der Waals surface area contributed by atoms with Crippen LogP contribution in [0.3, 0.4) is 0 Å². The molecule has 1 aromatic carbocycles. The van der Waals surface area contributed by atoms with E-state index < -0.39 is 0 Å². The van der Waals surface area contributed by atoms with E-state index in [9.17, 15) is 4.79 Å². The van der Waals surface area contributed by atoms with Gasteiger partial charge in [-0.2, -0.15) is 0 Å². The van der Waals surface area contributed by atoms with Gasteiger partial charge < -0.3 is 5.32 Å². The summed E-state index contributed by atoms with van der Waals surface area (Å²) in [7, 11) is 1.85. The Balaban J connectivity index is 2.98. The van der Waals surface area contributed by atoms with Crippen LogP contribution >= 0.6 is 11.6 Å². The number of rotatable bonds is 5. The summed E-state index contributed by atoms with van der Waals surface area (Å²) >= 11 is 6.23. The molecule has 4 heteroatoms. The Bertz CT molecular complexity index is 818. The monoisotopic (exact) mass is 314 g/mol. The van der Waals surface area contributed by atoms with Gasteiger partial charge in [0, 0.05) is 17.4 Å². The number of hydrogen-bond acceptors (Lipinski definition) is 2. The van der Waals surface area contributed by atoms with Crippen LogP contribution < -0.4 is 10.9 Å². The molecule has 1 N–H and O–H groups in total.